The predicted octanol–water partition coefficient (Wildman–Crippen LogP) is 3.44. The number of nitrogen functional groups attached to an aromatic ring is 1. The molecule has 0 aromatic heterocycles. The van der Waals surface area contributed by atoms with Gasteiger partial charge in [-0.05, 0) is 92.7 Å². The van der Waals surface area contributed by atoms with Crippen molar-refractivity contribution in [1.29, 1.82) is 0 Å². The van der Waals surface area contributed by atoms with Gasteiger partial charge < -0.3 is 5.73 Å². The van der Waals surface area contributed by atoms with Gasteiger partial charge in [0.1, 0.15) is 0 Å². The third kappa shape index (κ3) is 4.99. The molecule has 7 heteroatoms. The van der Waals surface area contributed by atoms with Gasteiger partial charge in [0.15, 0.2) is 0 Å². The highest BCUT2D eigenvalue weighted by Crippen LogP contribution is 2.26. The van der Waals surface area contributed by atoms with E-state index in [0.29, 0.717) is 17.8 Å². The van der Waals surface area contributed by atoms with Crippen LogP contribution in [0.4, 0.5) is 11.4 Å². The zero-order valence-corrected chi connectivity index (χ0v) is 16.4. The molecule has 0 atom stereocenters. The Balaban J connectivity index is 2.43. The molecule has 0 aliphatic carbocycles. The summed E-state index contributed by atoms with van der Waals surface area (Å²) in [6.45, 7) is 0. The van der Waals surface area contributed by atoms with Crippen molar-refractivity contribution >= 4 is 66.6 Å². The fourth-order valence-corrected chi connectivity index (χ4v) is 3.65. The highest BCUT2D eigenvalue weighted by Gasteiger charge is 2.10. The molecule has 3 N–H and O–H groups in total. The Labute approximate surface area is 151 Å². The minimum atomic E-state index is -3.31. The number of anilines is 2. The van der Waals surface area contributed by atoms with Crippen molar-refractivity contribution in [2.45, 2.75) is 6.42 Å². The second kappa shape index (κ2) is 6.69. The van der Waals surface area contributed by atoms with Crippen LogP contribution in [0, 0.1) is 7.14 Å². The van der Waals surface area contributed by atoms with Crippen LogP contribution < -0.4 is 10.5 Å². The zero-order valence-electron chi connectivity index (χ0n) is 11.2. The topological polar surface area (TPSA) is 72.2 Å². The lowest BCUT2D eigenvalue weighted by molar-refractivity contribution is 0.606. The monoisotopic (exact) mass is 528 g/mol. The maximum atomic E-state index is 11.5. The van der Waals surface area contributed by atoms with E-state index in [2.05, 4.69) is 49.9 Å². The van der Waals surface area contributed by atoms with Gasteiger partial charge in [-0.3, -0.25) is 4.72 Å². The molecule has 0 bridgehead atoms. The van der Waals surface area contributed by atoms with Crippen molar-refractivity contribution in [3.63, 3.8) is 0 Å². The van der Waals surface area contributed by atoms with Crippen LogP contribution >= 0.6 is 45.2 Å². The van der Waals surface area contributed by atoms with Crippen LogP contribution in [-0.2, 0) is 16.4 Å². The van der Waals surface area contributed by atoms with Crippen molar-refractivity contribution < 1.29 is 8.42 Å². The lowest BCUT2D eigenvalue weighted by Crippen LogP contribution is -2.12. The molecule has 0 saturated carbocycles. The number of sulfonamides is 1. The summed E-state index contributed by atoms with van der Waals surface area (Å²) in [5, 5.41) is 0. The standard InChI is InChI=1S/C14H14I2N2O2S/c1-21(19,20)18-14-5-3-12(16)8-10(14)6-9-7-11(15)2-4-13(9)17/h2-5,7-8,18H,6,17H2,1H3. The highest BCUT2D eigenvalue weighted by atomic mass is 127. The Morgan fingerprint density at radius 1 is 1.05 bits per heavy atom. The van der Waals surface area contributed by atoms with Crippen LogP contribution in [0.25, 0.3) is 0 Å². The van der Waals surface area contributed by atoms with E-state index in [1.807, 2.05) is 30.3 Å². The molecule has 0 aliphatic heterocycles. The molecule has 112 valence electrons. The van der Waals surface area contributed by atoms with Crippen molar-refractivity contribution in [3.05, 3.63) is 54.7 Å². The molecule has 0 aliphatic rings. The summed E-state index contributed by atoms with van der Waals surface area (Å²) in [5.74, 6) is 0. The number of nitrogens with two attached hydrogens (primary N) is 1. The molecule has 0 amide bonds. The van der Waals surface area contributed by atoms with Crippen molar-refractivity contribution in [2.75, 3.05) is 16.7 Å². The van der Waals surface area contributed by atoms with Crippen LogP contribution in [0.5, 0.6) is 0 Å². The zero-order chi connectivity index (χ0) is 15.6. The maximum Gasteiger partial charge on any atom is 0.229 e. The van der Waals surface area contributed by atoms with E-state index in [9.17, 15) is 8.42 Å². The molecule has 2 rings (SSSR count). The first-order valence-electron chi connectivity index (χ1n) is 6.05. The molecule has 0 saturated heterocycles. The van der Waals surface area contributed by atoms with Gasteiger partial charge in [0.25, 0.3) is 0 Å². The Bertz CT molecular complexity index is 777. The minimum absolute atomic E-state index is 0.581. The molecular weight excluding hydrogens is 514 g/mol. The number of hydrogen-bond donors (Lipinski definition) is 2. The third-order valence-electron chi connectivity index (χ3n) is 2.85. The molecule has 0 fully saturated rings. The molecule has 0 radical (unpaired) electrons. The van der Waals surface area contributed by atoms with Gasteiger partial charge in [-0.15, -0.1) is 0 Å². The summed E-state index contributed by atoms with van der Waals surface area (Å²) < 4.78 is 27.6. The van der Waals surface area contributed by atoms with Gasteiger partial charge in [-0.25, -0.2) is 8.42 Å². The molecule has 0 unspecified atom stereocenters. The molecule has 2 aromatic rings. The summed E-state index contributed by atoms with van der Waals surface area (Å²) in [6, 6.07) is 11.4. The number of hydrogen-bond acceptors (Lipinski definition) is 3. The van der Waals surface area contributed by atoms with Crippen molar-refractivity contribution in [3.8, 4) is 0 Å². The fraction of sp³-hybridized carbons (Fsp3) is 0.143. The average molecular weight is 528 g/mol. The van der Waals surface area contributed by atoms with Gasteiger partial charge in [0.2, 0.25) is 10.0 Å². The molecule has 0 spiro atoms. The molecular formula is C14H14I2N2O2S. The first-order chi connectivity index (χ1) is 9.74. The number of nitrogens with one attached hydrogen (secondary N) is 1. The van der Waals surface area contributed by atoms with E-state index >= 15 is 0 Å². The van der Waals surface area contributed by atoms with Gasteiger partial charge >= 0.3 is 0 Å². The van der Waals surface area contributed by atoms with E-state index in [4.69, 9.17) is 5.73 Å². The largest absolute Gasteiger partial charge is 0.398 e. The quantitative estimate of drug-likeness (QED) is 0.472. The second-order valence-electron chi connectivity index (χ2n) is 4.70. The summed E-state index contributed by atoms with van der Waals surface area (Å²) in [7, 11) is -3.31. The second-order valence-corrected chi connectivity index (χ2v) is 8.94. The van der Waals surface area contributed by atoms with Crippen LogP contribution in [-0.4, -0.2) is 14.7 Å². The fourth-order valence-electron chi connectivity index (χ4n) is 1.94. The van der Waals surface area contributed by atoms with Crippen molar-refractivity contribution in [2.24, 2.45) is 0 Å². The molecule has 2 aromatic carbocycles. The molecule has 0 heterocycles. The first kappa shape index (κ1) is 16.8. The molecule has 21 heavy (non-hydrogen) atoms. The van der Waals surface area contributed by atoms with E-state index in [1.165, 1.54) is 0 Å². The van der Waals surface area contributed by atoms with E-state index in [1.54, 1.807) is 6.07 Å². The Hall–Kier alpha value is -0.550. The number of halogens is 2. The van der Waals surface area contributed by atoms with Gasteiger partial charge in [-0.2, -0.15) is 0 Å². The lowest BCUT2D eigenvalue weighted by atomic mass is 10.0. The smallest absolute Gasteiger partial charge is 0.229 e. The number of rotatable bonds is 4. The van der Waals surface area contributed by atoms with E-state index in [0.717, 1.165) is 24.5 Å². The van der Waals surface area contributed by atoms with Crippen LogP contribution in [0.15, 0.2) is 36.4 Å². The third-order valence-corrected chi connectivity index (χ3v) is 4.78. The summed E-state index contributed by atoms with van der Waals surface area (Å²) in [5.41, 5.74) is 9.20. The highest BCUT2D eigenvalue weighted by molar-refractivity contribution is 14.1. The maximum absolute atomic E-state index is 11.5. The SMILES string of the molecule is CS(=O)(=O)Nc1ccc(I)cc1Cc1cc(I)ccc1N. The Kier molecular flexibility index (Phi) is 5.36. The van der Waals surface area contributed by atoms with Crippen molar-refractivity contribution in [1.82, 2.24) is 0 Å². The molecule has 4 nitrogen and oxygen atoms in total. The van der Waals surface area contributed by atoms with Crippen LogP contribution in [0.2, 0.25) is 0 Å². The van der Waals surface area contributed by atoms with Gasteiger partial charge in [0, 0.05) is 19.2 Å². The normalized spacial score (nSPS) is 11.4. The Morgan fingerprint density at radius 2 is 1.62 bits per heavy atom. The van der Waals surface area contributed by atoms with Gasteiger partial charge in [0.05, 0.1) is 11.9 Å². The summed E-state index contributed by atoms with van der Waals surface area (Å²) in [6.07, 6.45) is 1.73. The minimum Gasteiger partial charge on any atom is -0.398 e. The lowest BCUT2D eigenvalue weighted by Gasteiger charge is -2.13. The van der Waals surface area contributed by atoms with E-state index < -0.39 is 10.0 Å². The average Bonchev–Trinajstić information content (AvgIpc) is 2.36. The predicted molar refractivity (Wildman–Crippen MR) is 104 cm³/mol. The van der Waals surface area contributed by atoms with E-state index in [-0.39, 0.29) is 0 Å². The van der Waals surface area contributed by atoms with Crippen LogP contribution in [0.1, 0.15) is 11.1 Å². The summed E-state index contributed by atoms with van der Waals surface area (Å²) in [4.78, 5) is 0. The van der Waals surface area contributed by atoms with Gasteiger partial charge in [-0.1, -0.05) is 0 Å². The first-order valence-corrected chi connectivity index (χ1v) is 10.1. The number of benzene rings is 2. The van der Waals surface area contributed by atoms with Crippen LogP contribution in [0.3, 0.4) is 0 Å². The summed E-state index contributed by atoms with van der Waals surface area (Å²) >= 11 is 4.44. The Morgan fingerprint density at radius 3 is 2.24 bits per heavy atom.